The Bertz CT molecular complexity index is 728. The van der Waals surface area contributed by atoms with Gasteiger partial charge in [-0.3, -0.25) is 10.5 Å². The molecule has 3 aromatic rings. The van der Waals surface area contributed by atoms with Gasteiger partial charge in [-0.2, -0.15) is 10.1 Å². The largest absolute Gasteiger partial charge is 0.292 e. The fourth-order valence-corrected chi connectivity index (χ4v) is 3.02. The summed E-state index contributed by atoms with van der Waals surface area (Å²) in [6.45, 7) is 0. The number of hydrogen-bond donors (Lipinski definition) is 3. The summed E-state index contributed by atoms with van der Waals surface area (Å²) in [5, 5.41) is 8.44. The minimum absolute atomic E-state index is 0.353. The fraction of sp³-hybridized carbons (Fsp3) is 0. The fourth-order valence-electron chi connectivity index (χ4n) is 1.58. The Morgan fingerprint density at radius 2 is 2.11 bits per heavy atom. The molecule has 0 atom stereocenters. The van der Waals surface area contributed by atoms with E-state index in [0.29, 0.717) is 11.6 Å². The SMILES string of the molecule is NNc1nc(Sc2ccccc2Br)c2cn[nH]c2n1. The number of halogens is 1. The zero-order valence-electron chi connectivity index (χ0n) is 9.59. The Hall–Kier alpha value is -1.64. The quantitative estimate of drug-likeness (QED) is 0.386. The van der Waals surface area contributed by atoms with Gasteiger partial charge in [0.25, 0.3) is 0 Å². The summed E-state index contributed by atoms with van der Waals surface area (Å²) in [6, 6.07) is 7.94. The van der Waals surface area contributed by atoms with Crippen molar-refractivity contribution >= 4 is 44.7 Å². The van der Waals surface area contributed by atoms with Crippen molar-refractivity contribution in [3.05, 3.63) is 34.9 Å². The average Bonchev–Trinajstić information content (AvgIpc) is 2.89. The van der Waals surface area contributed by atoms with Crippen molar-refractivity contribution in [1.29, 1.82) is 0 Å². The maximum Gasteiger partial charge on any atom is 0.240 e. The number of nitrogen functional groups attached to an aromatic ring is 1. The lowest BCUT2D eigenvalue weighted by molar-refractivity contribution is 1.05. The van der Waals surface area contributed by atoms with E-state index in [1.54, 1.807) is 6.20 Å². The number of anilines is 1. The van der Waals surface area contributed by atoms with Gasteiger partial charge in [0.2, 0.25) is 5.95 Å². The van der Waals surface area contributed by atoms with Crippen LogP contribution in [-0.2, 0) is 0 Å². The molecule has 1 aromatic carbocycles. The van der Waals surface area contributed by atoms with Gasteiger partial charge in [-0.05, 0) is 28.1 Å². The number of aromatic amines is 1. The monoisotopic (exact) mass is 336 g/mol. The number of rotatable bonds is 3. The lowest BCUT2D eigenvalue weighted by Gasteiger charge is -2.06. The van der Waals surface area contributed by atoms with E-state index in [-0.39, 0.29) is 0 Å². The van der Waals surface area contributed by atoms with E-state index < -0.39 is 0 Å². The molecule has 0 amide bonds. The summed E-state index contributed by atoms with van der Waals surface area (Å²) in [6.07, 6.45) is 1.70. The molecule has 0 spiro atoms. The molecule has 2 aromatic heterocycles. The first-order chi connectivity index (χ1) is 9.28. The minimum Gasteiger partial charge on any atom is -0.292 e. The smallest absolute Gasteiger partial charge is 0.240 e. The van der Waals surface area contributed by atoms with Crippen molar-refractivity contribution in [2.45, 2.75) is 9.92 Å². The van der Waals surface area contributed by atoms with Crippen molar-refractivity contribution in [2.24, 2.45) is 5.84 Å². The lowest BCUT2D eigenvalue weighted by atomic mass is 10.4. The van der Waals surface area contributed by atoms with Crippen LogP contribution >= 0.6 is 27.7 Å². The first-order valence-corrected chi connectivity index (χ1v) is 6.99. The number of benzene rings is 1. The second-order valence-electron chi connectivity index (χ2n) is 3.66. The molecule has 4 N–H and O–H groups in total. The minimum atomic E-state index is 0.353. The molecular weight excluding hydrogens is 328 g/mol. The van der Waals surface area contributed by atoms with Crippen molar-refractivity contribution in [3.8, 4) is 0 Å². The Morgan fingerprint density at radius 3 is 2.89 bits per heavy atom. The molecule has 0 unspecified atom stereocenters. The molecule has 6 nitrogen and oxygen atoms in total. The number of fused-ring (bicyclic) bond motifs is 1. The van der Waals surface area contributed by atoms with Crippen LogP contribution in [-0.4, -0.2) is 20.2 Å². The summed E-state index contributed by atoms with van der Waals surface area (Å²) in [5.41, 5.74) is 3.11. The van der Waals surface area contributed by atoms with Crippen LogP contribution in [0.15, 0.2) is 44.9 Å². The standard InChI is InChI=1S/C11H9BrN6S/c12-7-3-1-2-4-8(7)19-10-6-5-14-18-9(6)15-11(16-10)17-13/h1-5H,13H2,(H2,14,15,16,17,18). The zero-order chi connectivity index (χ0) is 13.2. The van der Waals surface area contributed by atoms with Gasteiger partial charge in [0.1, 0.15) is 5.03 Å². The summed E-state index contributed by atoms with van der Waals surface area (Å²) in [4.78, 5) is 9.61. The molecule has 0 aliphatic heterocycles. The third-order valence-corrected chi connectivity index (χ3v) is 4.48. The van der Waals surface area contributed by atoms with Crippen LogP contribution in [0.2, 0.25) is 0 Å². The van der Waals surface area contributed by atoms with E-state index in [9.17, 15) is 0 Å². The lowest BCUT2D eigenvalue weighted by Crippen LogP contribution is -2.10. The van der Waals surface area contributed by atoms with Gasteiger partial charge in [-0.15, -0.1) is 0 Å². The highest BCUT2D eigenvalue weighted by Gasteiger charge is 2.11. The Kier molecular flexibility index (Phi) is 3.36. The maximum absolute atomic E-state index is 5.37. The Labute approximate surface area is 121 Å². The van der Waals surface area contributed by atoms with Crippen LogP contribution in [0.5, 0.6) is 0 Å². The molecule has 8 heteroatoms. The maximum atomic E-state index is 5.37. The van der Waals surface area contributed by atoms with Crippen molar-refractivity contribution in [1.82, 2.24) is 20.2 Å². The third-order valence-electron chi connectivity index (χ3n) is 2.45. The van der Waals surface area contributed by atoms with Crippen LogP contribution in [0.25, 0.3) is 11.0 Å². The average molecular weight is 337 g/mol. The number of hydrazine groups is 1. The molecule has 96 valence electrons. The molecule has 0 aliphatic carbocycles. The van der Waals surface area contributed by atoms with Crippen molar-refractivity contribution in [2.75, 3.05) is 5.43 Å². The molecule has 0 saturated carbocycles. The molecule has 0 saturated heterocycles. The Morgan fingerprint density at radius 1 is 1.26 bits per heavy atom. The van der Waals surface area contributed by atoms with Gasteiger partial charge in [0.15, 0.2) is 5.65 Å². The van der Waals surface area contributed by atoms with E-state index in [4.69, 9.17) is 5.84 Å². The molecule has 0 fully saturated rings. The van der Waals surface area contributed by atoms with Crippen LogP contribution in [0, 0.1) is 0 Å². The number of H-pyrrole nitrogens is 1. The summed E-state index contributed by atoms with van der Waals surface area (Å²) < 4.78 is 1.01. The third kappa shape index (κ3) is 2.42. The van der Waals surface area contributed by atoms with E-state index >= 15 is 0 Å². The Balaban J connectivity index is 2.09. The van der Waals surface area contributed by atoms with Gasteiger partial charge in [0.05, 0.1) is 11.6 Å². The number of nitrogens with two attached hydrogens (primary N) is 1. The normalized spacial score (nSPS) is 10.8. The second-order valence-corrected chi connectivity index (χ2v) is 5.55. The van der Waals surface area contributed by atoms with E-state index in [1.807, 2.05) is 24.3 Å². The number of aromatic nitrogens is 4. The van der Waals surface area contributed by atoms with Gasteiger partial charge < -0.3 is 0 Å². The summed E-state index contributed by atoms with van der Waals surface area (Å²) in [7, 11) is 0. The predicted octanol–water partition coefficient (Wildman–Crippen LogP) is 2.55. The second kappa shape index (κ2) is 5.16. The molecular formula is C11H9BrN6S. The van der Waals surface area contributed by atoms with Gasteiger partial charge >= 0.3 is 0 Å². The van der Waals surface area contributed by atoms with Gasteiger partial charge in [-0.25, -0.2) is 10.8 Å². The highest BCUT2D eigenvalue weighted by molar-refractivity contribution is 9.10. The number of hydrogen-bond acceptors (Lipinski definition) is 6. The highest BCUT2D eigenvalue weighted by Crippen LogP contribution is 2.35. The molecule has 2 heterocycles. The van der Waals surface area contributed by atoms with E-state index in [1.165, 1.54) is 11.8 Å². The van der Waals surface area contributed by atoms with Crippen molar-refractivity contribution < 1.29 is 0 Å². The molecule has 19 heavy (non-hydrogen) atoms. The topological polar surface area (TPSA) is 92.5 Å². The van der Waals surface area contributed by atoms with Gasteiger partial charge in [-0.1, -0.05) is 23.9 Å². The van der Waals surface area contributed by atoms with E-state index in [2.05, 4.69) is 41.5 Å². The highest BCUT2D eigenvalue weighted by atomic mass is 79.9. The molecule has 0 radical (unpaired) electrons. The van der Waals surface area contributed by atoms with Crippen LogP contribution in [0.1, 0.15) is 0 Å². The first-order valence-electron chi connectivity index (χ1n) is 5.38. The number of nitrogens with one attached hydrogen (secondary N) is 2. The zero-order valence-corrected chi connectivity index (χ0v) is 12.0. The van der Waals surface area contributed by atoms with Crippen LogP contribution in [0.3, 0.4) is 0 Å². The summed E-state index contributed by atoms with van der Waals surface area (Å²) >= 11 is 5.04. The summed E-state index contributed by atoms with van der Waals surface area (Å²) in [5.74, 6) is 5.73. The molecule has 0 aliphatic rings. The van der Waals surface area contributed by atoms with Crippen LogP contribution < -0.4 is 11.3 Å². The number of nitrogens with zero attached hydrogens (tertiary/aromatic N) is 3. The van der Waals surface area contributed by atoms with Crippen LogP contribution in [0.4, 0.5) is 5.95 Å². The molecule has 0 bridgehead atoms. The first kappa shape index (κ1) is 12.4. The van der Waals surface area contributed by atoms with Crippen molar-refractivity contribution in [3.63, 3.8) is 0 Å². The van der Waals surface area contributed by atoms with E-state index in [0.717, 1.165) is 19.8 Å². The molecule has 3 rings (SSSR count). The predicted molar refractivity (Wildman–Crippen MR) is 77.8 cm³/mol. The van der Waals surface area contributed by atoms with Gasteiger partial charge in [0, 0.05) is 9.37 Å².